The summed E-state index contributed by atoms with van der Waals surface area (Å²) in [6.07, 6.45) is 3.22. The number of halogens is 2. The standard InChI is InChI=1S/C13H13F2N3O/c1-9(11-4-3-10(14)7-12(11)15)17-13(19)8-18-6-2-5-16-18/h2-7,9H,8H2,1H3,(H,17,19)/t9-/m1/s1. The van der Waals surface area contributed by atoms with E-state index in [-0.39, 0.29) is 18.0 Å². The predicted molar refractivity (Wildman–Crippen MR) is 65.1 cm³/mol. The number of hydrogen-bond donors (Lipinski definition) is 1. The van der Waals surface area contributed by atoms with Crippen molar-refractivity contribution in [2.75, 3.05) is 0 Å². The van der Waals surface area contributed by atoms with Crippen molar-refractivity contribution < 1.29 is 13.6 Å². The Morgan fingerprint density at radius 1 is 1.47 bits per heavy atom. The molecule has 0 saturated carbocycles. The lowest BCUT2D eigenvalue weighted by molar-refractivity contribution is -0.122. The molecule has 1 aromatic heterocycles. The number of nitrogens with zero attached hydrogens (tertiary/aromatic N) is 2. The minimum atomic E-state index is -0.674. The number of carbonyl (C=O) groups excluding carboxylic acids is 1. The number of benzene rings is 1. The van der Waals surface area contributed by atoms with Crippen molar-refractivity contribution in [3.8, 4) is 0 Å². The van der Waals surface area contributed by atoms with Crippen molar-refractivity contribution in [1.29, 1.82) is 0 Å². The Balaban J connectivity index is 2.00. The minimum Gasteiger partial charge on any atom is -0.348 e. The predicted octanol–water partition coefficient (Wildman–Crippen LogP) is 2.04. The first-order valence-corrected chi connectivity index (χ1v) is 5.78. The van der Waals surface area contributed by atoms with Crippen LogP contribution in [-0.4, -0.2) is 15.7 Å². The number of carbonyl (C=O) groups is 1. The first-order chi connectivity index (χ1) is 9.06. The number of aromatic nitrogens is 2. The van der Waals surface area contributed by atoms with Crippen molar-refractivity contribution in [2.24, 2.45) is 0 Å². The van der Waals surface area contributed by atoms with Crippen molar-refractivity contribution in [3.63, 3.8) is 0 Å². The summed E-state index contributed by atoms with van der Waals surface area (Å²) in [5.41, 5.74) is 0.246. The topological polar surface area (TPSA) is 46.9 Å². The molecule has 2 aromatic rings. The molecule has 0 fully saturated rings. The highest BCUT2D eigenvalue weighted by Gasteiger charge is 2.14. The quantitative estimate of drug-likeness (QED) is 0.919. The van der Waals surface area contributed by atoms with Crippen LogP contribution in [0.1, 0.15) is 18.5 Å². The summed E-state index contributed by atoms with van der Waals surface area (Å²) in [5.74, 6) is -1.61. The number of nitrogens with one attached hydrogen (secondary N) is 1. The first kappa shape index (κ1) is 13.2. The van der Waals surface area contributed by atoms with E-state index in [4.69, 9.17) is 0 Å². The summed E-state index contributed by atoms with van der Waals surface area (Å²) >= 11 is 0. The van der Waals surface area contributed by atoms with E-state index in [1.807, 2.05) is 0 Å². The first-order valence-electron chi connectivity index (χ1n) is 5.78. The Morgan fingerprint density at radius 2 is 2.26 bits per heavy atom. The number of hydrogen-bond acceptors (Lipinski definition) is 2. The summed E-state index contributed by atoms with van der Waals surface area (Å²) in [6, 6.07) is 4.45. The van der Waals surface area contributed by atoms with Crippen molar-refractivity contribution in [3.05, 3.63) is 53.9 Å². The molecule has 1 N–H and O–H groups in total. The van der Waals surface area contributed by atoms with Crippen LogP contribution in [0.2, 0.25) is 0 Å². The van der Waals surface area contributed by atoms with Gasteiger partial charge >= 0.3 is 0 Å². The fourth-order valence-electron chi connectivity index (χ4n) is 1.76. The molecule has 0 unspecified atom stereocenters. The van der Waals surface area contributed by atoms with Gasteiger partial charge < -0.3 is 5.32 Å². The molecule has 1 amide bonds. The third-order valence-corrected chi connectivity index (χ3v) is 2.67. The maximum absolute atomic E-state index is 13.5. The molecule has 0 saturated heterocycles. The van der Waals surface area contributed by atoms with E-state index in [1.165, 1.54) is 10.7 Å². The molecule has 1 heterocycles. The van der Waals surface area contributed by atoms with Gasteiger partial charge in [-0.15, -0.1) is 0 Å². The lowest BCUT2D eigenvalue weighted by Gasteiger charge is -2.15. The maximum Gasteiger partial charge on any atom is 0.242 e. The normalized spacial score (nSPS) is 12.2. The molecule has 2 rings (SSSR count). The van der Waals surface area contributed by atoms with E-state index in [0.29, 0.717) is 0 Å². The molecule has 0 radical (unpaired) electrons. The van der Waals surface area contributed by atoms with E-state index in [0.717, 1.165) is 12.1 Å². The minimum absolute atomic E-state index is 0.0557. The van der Waals surface area contributed by atoms with Crippen LogP contribution in [0.15, 0.2) is 36.7 Å². The fourth-order valence-corrected chi connectivity index (χ4v) is 1.76. The van der Waals surface area contributed by atoms with Gasteiger partial charge in [0.2, 0.25) is 5.91 Å². The molecule has 0 bridgehead atoms. The lowest BCUT2D eigenvalue weighted by Crippen LogP contribution is -2.30. The molecule has 0 aliphatic carbocycles. The fraction of sp³-hybridized carbons (Fsp3) is 0.231. The summed E-state index contributed by atoms with van der Waals surface area (Å²) in [5, 5.41) is 6.53. The molecule has 0 spiro atoms. The Bertz CT molecular complexity index is 569. The molecule has 1 aromatic carbocycles. The van der Waals surface area contributed by atoms with Crippen molar-refractivity contribution in [2.45, 2.75) is 19.5 Å². The highest BCUT2D eigenvalue weighted by Crippen LogP contribution is 2.17. The van der Waals surface area contributed by atoms with Gasteiger partial charge in [0.15, 0.2) is 0 Å². The van der Waals surface area contributed by atoms with Crippen LogP contribution in [0.4, 0.5) is 8.78 Å². The summed E-state index contributed by atoms with van der Waals surface area (Å²) < 4.78 is 27.8. The maximum atomic E-state index is 13.5. The molecular weight excluding hydrogens is 252 g/mol. The molecule has 1 atom stereocenters. The molecule has 6 heteroatoms. The van der Waals surface area contributed by atoms with Crippen LogP contribution < -0.4 is 5.32 Å². The van der Waals surface area contributed by atoms with E-state index in [2.05, 4.69) is 10.4 Å². The zero-order valence-corrected chi connectivity index (χ0v) is 10.3. The highest BCUT2D eigenvalue weighted by atomic mass is 19.1. The Hall–Kier alpha value is -2.24. The number of amides is 1. The van der Waals surface area contributed by atoms with Gasteiger partial charge in [-0.25, -0.2) is 8.78 Å². The van der Waals surface area contributed by atoms with Crippen LogP contribution in [0.3, 0.4) is 0 Å². The summed E-state index contributed by atoms with van der Waals surface area (Å²) in [6.45, 7) is 1.69. The van der Waals surface area contributed by atoms with E-state index < -0.39 is 17.7 Å². The Labute approximate surface area is 109 Å². The van der Waals surface area contributed by atoms with Gasteiger partial charge in [0, 0.05) is 24.0 Å². The third kappa shape index (κ3) is 3.37. The third-order valence-electron chi connectivity index (χ3n) is 2.67. The van der Waals surface area contributed by atoms with Gasteiger partial charge in [0.05, 0.1) is 6.04 Å². The van der Waals surface area contributed by atoms with Gasteiger partial charge in [0.1, 0.15) is 18.2 Å². The van der Waals surface area contributed by atoms with E-state index in [1.54, 1.807) is 25.4 Å². The van der Waals surface area contributed by atoms with Crippen LogP contribution in [0, 0.1) is 11.6 Å². The summed E-state index contributed by atoms with van der Waals surface area (Å²) in [4.78, 5) is 11.7. The van der Waals surface area contributed by atoms with Crippen molar-refractivity contribution in [1.82, 2.24) is 15.1 Å². The zero-order chi connectivity index (χ0) is 13.8. The average molecular weight is 265 g/mol. The second-order valence-corrected chi connectivity index (χ2v) is 4.16. The van der Waals surface area contributed by atoms with Crippen molar-refractivity contribution >= 4 is 5.91 Å². The van der Waals surface area contributed by atoms with Gasteiger partial charge in [-0.1, -0.05) is 6.07 Å². The number of rotatable bonds is 4. The molecular formula is C13H13F2N3O. The monoisotopic (exact) mass is 265 g/mol. The molecule has 0 aliphatic heterocycles. The van der Waals surface area contributed by atoms with Gasteiger partial charge in [-0.2, -0.15) is 5.10 Å². The van der Waals surface area contributed by atoms with Gasteiger partial charge in [0.25, 0.3) is 0 Å². The average Bonchev–Trinajstić information content (AvgIpc) is 2.81. The second-order valence-electron chi connectivity index (χ2n) is 4.16. The van der Waals surface area contributed by atoms with Gasteiger partial charge in [-0.05, 0) is 19.1 Å². The van der Waals surface area contributed by atoms with Crippen LogP contribution >= 0.6 is 0 Å². The van der Waals surface area contributed by atoms with E-state index >= 15 is 0 Å². The second kappa shape index (κ2) is 5.60. The molecule has 19 heavy (non-hydrogen) atoms. The molecule has 100 valence electrons. The van der Waals surface area contributed by atoms with Crippen LogP contribution in [0.5, 0.6) is 0 Å². The SMILES string of the molecule is C[C@@H](NC(=O)Cn1cccn1)c1ccc(F)cc1F. The van der Waals surface area contributed by atoms with Gasteiger partial charge in [-0.3, -0.25) is 9.48 Å². The zero-order valence-electron chi connectivity index (χ0n) is 10.3. The molecule has 0 aliphatic rings. The molecule has 4 nitrogen and oxygen atoms in total. The Kier molecular flexibility index (Phi) is 3.89. The Morgan fingerprint density at radius 3 is 2.89 bits per heavy atom. The largest absolute Gasteiger partial charge is 0.348 e. The summed E-state index contributed by atoms with van der Waals surface area (Å²) in [7, 11) is 0. The van der Waals surface area contributed by atoms with E-state index in [9.17, 15) is 13.6 Å². The van der Waals surface area contributed by atoms with Crippen LogP contribution in [0.25, 0.3) is 0 Å². The smallest absolute Gasteiger partial charge is 0.242 e. The highest BCUT2D eigenvalue weighted by molar-refractivity contribution is 5.76. The van der Waals surface area contributed by atoms with Crippen LogP contribution in [-0.2, 0) is 11.3 Å². The lowest BCUT2D eigenvalue weighted by atomic mass is 10.1.